The molecule has 3 rings (SSSR count). The highest BCUT2D eigenvalue weighted by Crippen LogP contribution is 2.35. The second kappa shape index (κ2) is 6.41. The molecule has 1 aliphatic heterocycles. The van der Waals surface area contributed by atoms with Crippen molar-refractivity contribution in [2.45, 2.75) is 18.3 Å². The van der Waals surface area contributed by atoms with Gasteiger partial charge >= 0.3 is 0 Å². The predicted octanol–water partition coefficient (Wildman–Crippen LogP) is 1.72. The number of hydrogen-bond donors (Lipinski definition) is 1. The van der Waals surface area contributed by atoms with Crippen molar-refractivity contribution >= 4 is 10.1 Å². The van der Waals surface area contributed by atoms with E-state index in [2.05, 4.69) is 29.2 Å². The molecule has 2 aromatic rings. The molecule has 5 nitrogen and oxygen atoms in total. The topological polar surface area (TPSA) is 72.6 Å². The number of nitrogens with zero attached hydrogens (tertiary/aromatic N) is 1. The summed E-state index contributed by atoms with van der Waals surface area (Å²) in [6.45, 7) is 0.475. The van der Waals surface area contributed by atoms with Gasteiger partial charge in [0.25, 0.3) is 10.1 Å². The summed E-state index contributed by atoms with van der Waals surface area (Å²) >= 11 is 0. The van der Waals surface area contributed by atoms with Crippen LogP contribution in [0.25, 0.3) is 0 Å². The van der Waals surface area contributed by atoms with Gasteiger partial charge in [0.15, 0.2) is 0 Å². The van der Waals surface area contributed by atoms with Gasteiger partial charge in [-0.05, 0) is 11.1 Å². The van der Waals surface area contributed by atoms with Gasteiger partial charge in [-0.2, -0.15) is 8.42 Å². The van der Waals surface area contributed by atoms with Crippen LogP contribution in [-0.4, -0.2) is 38.4 Å². The van der Waals surface area contributed by atoms with Crippen LogP contribution in [0, 0.1) is 0 Å². The van der Waals surface area contributed by atoms with Gasteiger partial charge in [0.2, 0.25) is 0 Å². The average molecular weight is 332 g/mol. The molecule has 1 saturated heterocycles. The second-order valence-corrected chi connectivity index (χ2v) is 7.35. The lowest BCUT2D eigenvalue weighted by molar-refractivity contribution is -0.0571. The first kappa shape index (κ1) is 16.1. The van der Waals surface area contributed by atoms with Crippen molar-refractivity contribution in [2.24, 2.45) is 5.73 Å². The molecular formula is C17H20N2O3S. The average Bonchev–Trinajstić information content (AvgIpc) is 2.54. The second-order valence-electron chi connectivity index (χ2n) is 5.75. The lowest BCUT2D eigenvalue weighted by Gasteiger charge is -2.49. The Morgan fingerprint density at radius 2 is 1.52 bits per heavy atom. The van der Waals surface area contributed by atoms with Crippen LogP contribution in [0.5, 0.6) is 0 Å². The zero-order chi connectivity index (χ0) is 16.4. The molecule has 0 aromatic heterocycles. The van der Waals surface area contributed by atoms with Gasteiger partial charge in [0.05, 0.1) is 18.5 Å². The third-order valence-electron chi connectivity index (χ3n) is 4.02. The molecule has 1 fully saturated rings. The molecule has 0 saturated carbocycles. The maximum absolute atomic E-state index is 11.3. The fourth-order valence-corrected chi connectivity index (χ4v) is 3.57. The Morgan fingerprint density at radius 3 is 1.91 bits per heavy atom. The summed E-state index contributed by atoms with van der Waals surface area (Å²) in [7, 11) is -3.50. The molecule has 122 valence electrons. The van der Waals surface area contributed by atoms with E-state index in [1.165, 1.54) is 0 Å². The Kier molecular flexibility index (Phi) is 4.50. The summed E-state index contributed by atoms with van der Waals surface area (Å²) < 4.78 is 27.6. The van der Waals surface area contributed by atoms with Crippen molar-refractivity contribution < 1.29 is 12.6 Å². The molecule has 0 amide bonds. The molecule has 0 radical (unpaired) electrons. The first-order chi connectivity index (χ1) is 11.0. The zero-order valence-corrected chi connectivity index (χ0v) is 13.7. The van der Waals surface area contributed by atoms with Gasteiger partial charge < -0.3 is 5.73 Å². The Bertz CT molecular complexity index is 710. The van der Waals surface area contributed by atoms with E-state index in [9.17, 15) is 8.42 Å². The molecule has 0 bridgehead atoms. The van der Waals surface area contributed by atoms with Crippen LogP contribution < -0.4 is 5.73 Å². The maximum atomic E-state index is 11.3. The standard InChI is InChI=1S/C17H20N2O3S/c1-23(20,21)22-15-12-19(17(15)18)16(13-8-4-2-5-9-13)14-10-6-3-7-11-14/h2-11,15-17H,12,18H2,1H3/t15-,17-/m0/s1. The summed E-state index contributed by atoms with van der Waals surface area (Å²) in [5.41, 5.74) is 8.42. The molecular weight excluding hydrogens is 312 g/mol. The largest absolute Gasteiger partial charge is 0.313 e. The minimum Gasteiger partial charge on any atom is -0.313 e. The molecule has 6 heteroatoms. The SMILES string of the molecule is CS(=O)(=O)O[C@H]1CN(C(c2ccccc2)c2ccccc2)[C@@H]1N. The molecule has 23 heavy (non-hydrogen) atoms. The molecule has 2 N–H and O–H groups in total. The minimum absolute atomic E-state index is 0.0215. The van der Waals surface area contributed by atoms with Gasteiger partial charge in [-0.15, -0.1) is 0 Å². The molecule has 0 aliphatic carbocycles. The number of rotatable bonds is 5. The Hall–Kier alpha value is -1.73. The van der Waals surface area contributed by atoms with E-state index < -0.39 is 22.4 Å². The lowest BCUT2D eigenvalue weighted by atomic mass is 9.92. The maximum Gasteiger partial charge on any atom is 0.264 e. The summed E-state index contributed by atoms with van der Waals surface area (Å²) in [4.78, 5) is 2.06. The van der Waals surface area contributed by atoms with Crippen LogP contribution in [0.15, 0.2) is 60.7 Å². The number of nitrogens with two attached hydrogens (primary N) is 1. The molecule has 2 aromatic carbocycles. The summed E-state index contributed by atoms with van der Waals surface area (Å²) in [5, 5.41) is 0. The molecule has 0 spiro atoms. The van der Waals surface area contributed by atoms with E-state index in [4.69, 9.17) is 9.92 Å². The van der Waals surface area contributed by atoms with Gasteiger partial charge in [-0.1, -0.05) is 60.7 Å². The lowest BCUT2D eigenvalue weighted by Crippen LogP contribution is -2.66. The number of likely N-dealkylation sites (tertiary alicyclic amines) is 1. The first-order valence-electron chi connectivity index (χ1n) is 7.45. The van der Waals surface area contributed by atoms with Gasteiger partial charge in [0.1, 0.15) is 6.10 Å². The highest BCUT2D eigenvalue weighted by molar-refractivity contribution is 7.86. The number of hydrogen-bond acceptors (Lipinski definition) is 5. The van der Waals surface area contributed by atoms with E-state index in [1.54, 1.807) is 0 Å². The minimum atomic E-state index is -3.50. The van der Waals surface area contributed by atoms with E-state index in [0.29, 0.717) is 6.54 Å². The van der Waals surface area contributed by atoms with Crippen LogP contribution in [0.3, 0.4) is 0 Å². The zero-order valence-electron chi connectivity index (χ0n) is 12.9. The van der Waals surface area contributed by atoms with Crippen LogP contribution >= 0.6 is 0 Å². The highest BCUT2D eigenvalue weighted by Gasteiger charge is 2.43. The van der Waals surface area contributed by atoms with E-state index >= 15 is 0 Å². The Balaban J connectivity index is 1.87. The van der Waals surface area contributed by atoms with Crippen molar-refractivity contribution in [3.63, 3.8) is 0 Å². The van der Waals surface area contributed by atoms with Crippen molar-refractivity contribution in [3.05, 3.63) is 71.8 Å². The normalized spacial score (nSPS) is 22.0. The molecule has 1 heterocycles. The van der Waals surface area contributed by atoms with Gasteiger partial charge in [-0.3, -0.25) is 9.08 Å². The summed E-state index contributed by atoms with van der Waals surface area (Å²) in [6.07, 6.45) is 0.0869. The van der Waals surface area contributed by atoms with Gasteiger partial charge in [0, 0.05) is 6.54 Å². The fourth-order valence-electron chi connectivity index (χ4n) is 2.95. The third kappa shape index (κ3) is 3.61. The van der Waals surface area contributed by atoms with Crippen LogP contribution in [-0.2, 0) is 14.3 Å². The van der Waals surface area contributed by atoms with Crippen LogP contribution in [0.4, 0.5) is 0 Å². The smallest absolute Gasteiger partial charge is 0.264 e. The highest BCUT2D eigenvalue weighted by atomic mass is 32.2. The predicted molar refractivity (Wildman–Crippen MR) is 89.1 cm³/mol. The third-order valence-corrected chi connectivity index (χ3v) is 4.61. The molecule has 2 atom stereocenters. The molecule has 0 unspecified atom stereocenters. The monoisotopic (exact) mass is 332 g/mol. The quantitative estimate of drug-likeness (QED) is 0.844. The Labute approximate surface area is 136 Å². The molecule has 1 aliphatic rings. The van der Waals surface area contributed by atoms with Crippen molar-refractivity contribution in [1.82, 2.24) is 4.90 Å². The van der Waals surface area contributed by atoms with Crippen molar-refractivity contribution in [3.8, 4) is 0 Å². The van der Waals surface area contributed by atoms with E-state index in [0.717, 1.165) is 17.4 Å². The van der Waals surface area contributed by atoms with Crippen molar-refractivity contribution in [1.29, 1.82) is 0 Å². The summed E-state index contributed by atoms with van der Waals surface area (Å²) in [6, 6.07) is 20.1. The Morgan fingerprint density at radius 1 is 1.04 bits per heavy atom. The van der Waals surface area contributed by atoms with E-state index in [1.807, 2.05) is 36.4 Å². The summed E-state index contributed by atoms with van der Waals surface area (Å²) in [5.74, 6) is 0. The first-order valence-corrected chi connectivity index (χ1v) is 9.27. The van der Waals surface area contributed by atoms with Crippen LogP contribution in [0.1, 0.15) is 17.2 Å². The number of benzene rings is 2. The van der Waals surface area contributed by atoms with Crippen molar-refractivity contribution in [2.75, 3.05) is 12.8 Å². The van der Waals surface area contributed by atoms with Crippen LogP contribution in [0.2, 0.25) is 0 Å². The van der Waals surface area contributed by atoms with Gasteiger partial charge in [-0.25, -0.2) is 0 Å². The fraction of sp³-hybridized carbons (Fsp3) is 0.294. The van der Waals surface area contributed by atoms with E-state index in [-0.39, 0.29) is 6.04 Å².